The standard InChI is InChI=1S/C17H32N2O3/c1-16(2,3)11-13-9-8-10-19(13)14(20)12-18(7)15(21)22-17(4,5)6/h13H,8-12H2,1-7H3. The number of rotatable bonds is 3. The van der Waals surface area contributed by atoms with Gasteiger partial charge in [0.25, 0.3) is 0 Å². The van der Waals surface area contributed by atoms with E-state index in [1.807, 2.05) is 25.7 Å². The lowest BCUT2D eigenvalue weighted by Crippen LogP contribution is -2.45. The molecule has 5 heteroatoms. The molecule has 1 aliphatic heterocycles. The molecule has 0 radical (unpaired) electrons. The first kappa shape index (κ1) is 18.8. The smallest absolute Gasteiger partial charge is 0.410 e. The monoisotopic (exact) mass is 312 g/mol. The number of likely N-dealkylation sites (N-methyl/N-ethyl adjacent to an activating group) is 1. The molecule has 22 heavy (non-hydrogen) atoms. The van der Waals surface area contributed by atoms with Gasteiger partial charge in [0.15, 0.2) is 0 Å². The van der Waals surface area contributed by atoms with Gasteiger partial charge < -0.3 is 14.5 Å². The van der Waals surface area contributed by atoms with Crippen molar-refractivity contribution in [3.8, 4) is 0 Å². The highest BCUT2D eigenvalue weighted by Gasteiger charge is 2.33. The number of hydrogen-bond acceptors (Lipinski definition) is 3. The Labute approximate surface area is 135 Å². The Bertz CT molecular complexity index is 407. The van der Waals surface area contributed by atoms with Gasteiger partial charge in [-0.05, 0) is 45.4 Å². The van der Waals surface area contributed by atoms with Crippen molar-refractivity contribution in [2.24, 2.45) is 5.41 Å². The molecule has 5 nitrogen and oxygen atoms in total. The number of nitrogens with zero attached hydrogens (tertiary/aromatic N) is 2. The Kier molecular flexibility index (Phi) is 5.88. The van der Waals surface area contributed by atoms with Crippen LogP contribution >= 0.6 is 0 Å². The lowest BCUT2D eigenvalue weighted by Gasteiger charge is -2.32. The topological polar surface area (TPSA) is 49.9 Å². The maximum Gasteiger partial charge on any atom is 0.410 e. The van der Waals surface area contributed by atoms with E-state index < -0.39 is 11.7 Å². The van der Waals surface area contributed by atoms with Crippen LogP contribution in [0.5, 0.6) is 0 Å². The van der Waals surface area contributed by atoms with Gasteiger partial charge in [0.1, 0.15) is 12.1 Å². The first-order chi connectivity index (χ1) is 9.89. The van der Waals surface area contributed by atoms with Gasteiger partial charge in [-0.15, -0.1) is 0 Å². The van der Waals surface area contributed by atoms with Gasteiger partial charge in [0.2, 0.25) is 5.91 Å². The summed E-state index contributed by atoms with van der Waals surface area (Å²) in [5.41, 5.74) is -0.346. The number of carbonyl (C=O) groups excluding carboxylic acids is 2. The molecule has 1 unspecified atom stereocenters. The summed E-state index contributed by atoms with van der Waals surface area (Å²) in [5, 5.41) is 0. The predicted octanol–water partition coefficient (Wildman–Crippen LogP) is 3.28. The van der Waals surface area contributed by atoms with Crippen molar-refractivity contribution in [3.05, 3.63) is 0 Å². The van der Waals surface area contributed by atoms with Crippen LogP contribution in [0, 0.1) is 5.41 Å². The van der Waals surface area contributed by atoms with E-state index in [1.54, 1.807) is 7.05 Å². The molecular formula is C17H32N2O3. The zero-order chi connectivity index (χ0) is 17.1. The van der Waals surface area contributed by atoms with Crippen LogP contribution in [-0.2, 0) is 9.53 Å². The number of ether oxygens (including phenoxy) is 1. The number of amides is 2. The first-order valence-electron chi connectivity index (χ1n) is 8.13. The van der Waals surface area contributed by atoms with Crippen LogP contribution in [0.15, 0.2) is 0 Å². The molecule has 0 aromatic rings. The largest absolute Gasteiger partial charge is 0.444 e. The molecule has 0 bridgehead atoms. The van der Waals surface area contributed by atoms with Gasteiger partial charge in [0, 0.05) is 19.6 Å². The fourth-order valence-corrected chi connectivity index (χ4v) is 2.78. The minimum Gasteiger partial charge on any atom is -0.444 e. The summed E-state index contributed by atoms with van der Waals surface area (Å²) < 4.78 is 5.29. The number of hydrogen-bond donors (Lipinski definition) is 0. The lowest BCUT2D eigenvalue weighted by atomic mass is 9.87. The van der Waals surface area contributed by atoms with Crippen LogP contribution in [0.3, 0.4) is 0 Å². The van der Waals surface area contributed by atoms with Crippen LogP contribution < -0.4 is 0 Å². The summed E-state index contributed by atoms with van der Waals surface area (Å²) in [4.78, 5) is 27.7. The highest BCUT2D eigenvalue weighted by atomic mass is 16.6. The Morgan fingerprint density at radius 1 is 1.18 bits per heavy atom. The summed E-state index contributed by atoms with van der Waals surface area (Å²) in [5.74, 6) is 0.0140. The molecule has 1 rings (SSSR count). The molecule has 0 aliphatic carbocycles. The fourth-order valence-electron chi connectivity index (χ4n) is 2.78. The van der Waals surface area contributed by atoms with Crippen molar-refractivity contribution >= 4 is 12.0 Å². The van der Waals surface area contributed by atoms with Gasteiger partial charge in [-0.3, -0.25) is 4.79 Å². The molecular weight excluding hydrogens is 280 g/mol. The second-order valence-corrected chi connectivity index (χ2v) is 8.48. The Hall–Kier alpha value is -1.26. The molecule has 1 aliphatic rings. The van der Waals surface area contributed by atoms with E-state index in [4.69, 9.17) is 4.74 Å². The van der Waals surface area contributed by atoms with Crippen molar-refractivity contribution in [2.75, 3.05) is 20.1 Å². The van der Waals surface area contributed by atoms with Crippen LogP contribution in [0.1, 0.15) is 60.8 Å². The Morgan fingerprint density at radius 3 is 2.27 bits per heavy atom. The van der Waals surface area contributed by atoms with Crippen molar-refractivity contribution in [2.45, 2.75) is 72.4 Å². The van der Waals surface area contributed by atoms with E-state index in [0.717, 1.165) is 25.8 Å². The number of carbonyl (C=O) groups is 2. The van der Waals surface area contributed by atoms with E-state index in [2.05, 4.69) is 20.8 Å². The first-order valence-corrected chi connectivity index (χ1v) is 8.13. The summed E-state index contributed by atoms with van der Waals surface area (Å²) in [6.45, 7) is 12.9. The van der Waals surface area contributed by atoms with E-state index in [1.165, 1.54) is 4.90 Å². The molecule has 1 atom stereocenters. The average molecular weight is 312 g/mol. The zero-order valence-electron chi connectivity index (χ0n) is 15.2. The van der Waals surface area contributed by atoms with Crippen molar-refractivity contribution in [1.82, 2.24) is 9.80 Å². The van der Waals surface area contributed by atoms with Gasteiger partial charge in [-0.2, -0.15) is 0 Å². The van der Waals surface area contributed by atoms with Crippen molar-refractivity contribution < 1.29 is 14.3 Å². The summed E-state index contributed by atoms with van der Waals surface area (Å²) in [6, 6.07) is 0.291. The lowest BCUT2D eigenvalue weighted by molar-refractivity contribution is -0.133. The molecule has 0 spiro atoms. The normalized spacial score (nSPS) is 19.2. The molecule has 0 aromatic carbocycles. The van der Waals surface area contributed by atoms with Gasteiger partial charge in [-0.25, -0.2) is 4.79 Å². The summed E-state index contributed by atoms with van der Waals surface area (Å²) >= 11 is 0. The predicted molar refractivity (Wildman–Crippen MR) is 87.7 cm³/mol. The third-order valence-electron chi connectivity index (χ3n) is 3.62. The van der Waals surface area contributed by atoms with Crippen LogP contribution in [0.4, 0.5) is 4.79 Å². The van der Waals surface area contributed by atoms with Crippen molar-refractivity contribution in [3.63, 3.8) is 0 Å². The van der Waals surface area contributed by atoms with E-state index in [9.17, 15) is 9.59 Å². The maximum atomic E-state index is 12.5. The maximum absolute atomic E-state index is 12.5. The second kappa shape index (κ2) is 6.88. The molecule has 1 heterocycles. The highest BCUT2D eigenvalue weighted by molar-refractivity contribution is 5.82. The second-order valence-electron chi connectivity index (χ2n) is 8.48. The molecule has 0 N–H and O–H groups in total. The van der Waals surface area contributed by atoms with Crippen LogP contribution in [-0.4, -0.2) is 53.6 Å². The quantitative estimate of drug-likeness (QED) is 0.803. The third kappa shape index (κ3) is 6.24. The van der Waals surface area contributed by atoms with Gasteiger partial charge >= 0.3 is 6.09 Å². The number of likely N-dealkylation sites (tertiary alicyclic amines) is 1. The van der Waals surface area contributed by atoms with Gasteiger partial charge in [-0.1, -0.05) is 20.8 Å². The molecule has 1 fully saturated rings. The molecule has 2 amide bonds. The molecule has 128 valence electrons. The fraction of sp³-hybridized carbons (Fsp3) is 0.882. The van der Waals surface area contributed by atoms with Crippen molar-refractivity contribution in [1.29, 1.82) is 0 Å². The SMILES string of the molecule is CN(CC(=O)N1CCCC1CC(C)(C)C)C(=O)OC(C)(C)C. The average Bonchev–Trinajstić information content (AvgIpc) is 2.72. The molecule has 0 saturated carbocycles. The highest BCUT2D eigenvalue weighted by Crippen LogP contribution is 2.29. The van der Waals surface area contributed by atoms with Gasteiger partial charge in [0.05, 0.1) is 0 Å². The Balaban J connectivity index is 2.58. The molecule has 1 saturated heterocycles. The minimum atomic E-state index is -0.545. The minimum absolute atomic E-state index is 0.0140. The van der Waals surface area contributed by atoms with Crippen LogP contribution in [0.2, 0.25) is 0 Å². The zero-order valence-corrected chi connectivity index (χ0v) is 15.2. The molecule has 0 aromatic heterocycles. The summed E-state index contributed by atoms with van der Waals surface area (Å²) in [6.07, 6.45) is 2.64. The van der Waals surface area contributed by atoms with E-state index in [-0.39, 0.29) is 17.9 Å². The van der Waals surface area contributed by atoms with E-state index in [0.29, 0.717) is 6.04 Å². The van der Waals surface area contributed by atoms with E-state index >= 15 is 0 Å². The third-order valence-corrected chi connectivity index (χ3v) is 3.62. The van der Waals surface area contributed by atoms with Crippen LogP contribution in [0.25, 0.3) is 0 Å². The summed E-state index contributed by atoms with van der Waals surface area (Å²) in [7, 11) is 1.61. The Morgan fingerprint density at radius 2 is 1.77 bits per heavy atom.